The Morgan fingerprint density at radius 1 is 0.816 bits per heavy atom. The zero-order valence-corrected chi connectivity index (χ0v) is 30.2. The number of carboxylic acids is 1. The van der Waals surface area contributed by atoms with E-state index in [-0.39, 0.29) is 17.7 Å². The van der Waals surface area contributed by atoms with Gasteiger partial charge in [0.2, 0.25) is 5.91 Å². The summed E-state index contributed by atoms with van der Waals surface area (Å²) in [6.07, 6.45) is 9.74. The van der Waals surface area contributed by atoms with Crippen molar-refractivity contribution in [1.29, 1.82) is 0 Å². The van der Waals surface area contributed by atoms with Crippen LogP contribution in [0.2, 0.25) is 0 Å². The van der Waals surface area contributed by atoms with Crippen molar-refractivity contribution in [3.05, 3.63) is 88.4 Å². The molecule has 10 heteroatoms. The number of rotatable bonds is 16. The van der Waals surface area contributed by atoms with Gasteiger partial charge >= 0.3 is 5.97 Å². The van der Waals surface area contributed by atoms with E-state index in [0.29, 0.717) is 10.7 Å². The third-order valence-corrected chi connectivity index (χ3v) is 9.68. The molecule has 9 nitrogen and oxygen atoms in total. The fraction of sp³-hybridized carbons (Fsp3) is 0.410. The molecule has 4 rings (SSSR count). The first-order valence-electron chi connectivity index (χ1n) is 16.9. The average Bonchev–Trinajstić information content (AvgIpc) is 3.58. The quantitative estimate of drug-likeness (QED) is 0.103. The predicted molar refractivity (Wildman–Crippen MR) is 195 cm³/mol. The largest absolute Gasteiger partial charge is 0.494 e. The third kappa shape index (κ3) is 10.7. The lowest BCUT2D eigenvalue weighted by Crippen LogP contribution is -2.56. The molecule has 0 saturated carbocycles. The maximum absolute atomic E-state index is 13.3. The van der Waals surface area contributed by atoms with Crippen molar-refractivity contribution in [2.45, 2.75) is 97.1 Å². The number of nitrogens with zero attached hydrogens (tertiary/aromatic N) is 2. The van der Waals surface area contributed by atoms with Gasteiger partial charge in [0.05, 0.1) is 11.5 Å². The van der Waals surface area contributed by atoms with Crippen LogP contribution in [-0.4, -0.2) is 51.0 Å². The first-order chi connectivity index (χ1) is 23.3. The minimum atomic E-state index is -1.51. The Labute approximate surface area is 293 Å². The molecule has 2 amide bonds. The number of aliphatic carboxylic acids is 1. The standard InChI is InChI=1S/C39H48N4O5S/c1-7-8-9-10-11-22-48-30-18-16-27(17-19-30)29-24-40-34(41-25-29)28-14-12-26(13-15-28)23-31(35(44)43-39(5,6)37(46)47)42-36(45)32-20-21-33(49-32)38(2,3)4/h12-21,24-25,31H,7-11,22-23H2,1-6H3,(H,42,45)(H,43,44)(H,46,47). The summed E-state index contributed by atoms with van der Waals surface area (Å²) in [5, 5.41) is 15.0. The number of hydrogen-bond acceptors (Lipinski definition) is 7. The van der Waals surface area contributed by atoms with Crippen LogP contribution in [0.3, 0.4) is 0 Å². The molecule has 2 aromatic heterocycles. The number of carbonyl (C=O) groups is 3. The summed E-state index contributed by atoms with van der Waals surface area (Å²) >= 11 is 1.37. The van der Waals surface area contributed by atoms with Crippen LogP contribution in [0.25, 0.3) is 22.5 Å². The molecule has 4 aromatic rings. The van der Waals surface area contributed by atoms with Crippen LogP contribution in [0.15, 0.2) is 73.1 Å². The summed E-state index contributed by atoms with van der Waals surface area (Å²) in [4.78, 5) is 49.0. The number of unbranched alkanes of at least 4 members (excludes halogenated alkanes) is 4. The molecule has 260 valence electrons. The van der Waals surface area contributed by atoms with E-state index in [0.717, 1.165) is 45.9 Å². The lowest BCUT2D eigenvalue weighted by Gasteiger charge is -2.25. The maximum Gasteiger partial charge on any atom is 0.328 e. The molecule has 0 aliphatic carbocycles. The average molecular weight is 685 g/mol. The van der Waals surface area contributed by atoms with Gasteiger partial charge in [0, 0.05) is 34.8 Å². The topological polar surface area (TPSA) is 131 Å². The molecule has 0 aliphatic heterocycles. The summed E-state index contributed by atoms with van der Waals surface area (Å²) in [6, 6.07) is 18.0. The van der Waals surface area contributed by atoms with Crippen molar-refractivity contribution in [2.75, 3.05) is 6.61 Å². The highest BCUT2D eigenvalue weighted by Crippen LogP contribution is 2.30. The first-order valence-corrected chi connectivity index (χ1v) is 17.7. The molecule has 1 unspecified atom stereocenters. The van der Waals surface area contributed by atoms with Crippen molar-refractivity contribution in [1.82, 2.24) is 20.6 Å². The number of nitrogens with one attached hydrogen (secondary N) is 2. The van der Waals surface area contributed by atoms with Gasteiger partial charge in [-0.05, 0) is 61.1 Å². The second-order valence-corrected chi connectivity index (χ2v) is 14.9. The van der Waals surface area contributed by atoms with Crippen molar-refractivity contribution in [3.63, 3.8) is 0 Å². The Bertz CT molecular complexity index is 1690. The minimum Gasteiger partial charge on any atom is -0.494 e. The maximum atomic E-state index is 13.3. The Hall–Kier alpha value is -4.57. The molecule has 0 radical (unpaired) electrons. The van der Waals surface area contributed by atoms with Crippen LogP contribution < -0.4 is 15.4 Å². The van der Waals surface area contributed by atoms with E-state index in [1.165, 1.54) is 50.9 Å². The van der Waals surface area contributed by atoms with Crippen LogP contribution in [-0.2, 0) is 21.4 Å². The van der Waals surface area contributed by atoms with Crippen molar-refractivity contribution < 1.29 is 24.2 Å². The van der Waals surface area contributed by atoms with E-state index < -0.39 is 23.5 Å². The molecular weight excluding hydrogens is 637 g/mol. The van der Waals surface area contributed by atoms with Crippen LogP contribution in [0.1, 0.15) is 93.8 Å². The lowest BCUT2D eigenvalue weighted by molar-refractivity contribution is -0.146. The minimum absolute atomic E-state index is 0.120. The Balaban J connectivity index is 1.42. The van der Waals surface area contributed by atoms with E-state index in [1.807, 2.05) is 54.6 Å². The number of amides is 2. The Morgan fingerprint density at radius 2 is 1.45 bits per heavy atom. The number of thiophene rings is 1. The highest BCUT2D eigenvalue weighted by Gasteiger charge is 2.33. The first kappa shape index (κ1) is 37.3. The smallest absolute Gasteiger partial charge is 0.328 e. The summed E-state index contributed by atoms with van der Waals surface area (Å²) in [6.45, 7) is 11.9. The van der Waals surface area contributed by atoms with Crippen molar-refractivity contribution in [2.24, 2.45) is 0 Å². The monoisotopic (exact) mass is 684 g/mol. The number of hydrogen-bond donors (Lipinski definition) is 3. The van der Waals surface area contributed by atoms with Gasteiger partial charge in [-0.3, -0.25) is 9.59 Å². The summed E-state index contributed by atoms with van der Waals surface area (Å²) < 4.78 is 5.89. The van der Waals surface area contributed by atoms with E-state index >= 15 is 0 Å². The number of benzene rings is 2. The van der Waals surface area contributed by atoms with Gasteiger partial charge in [0.15, 0.2) is 5.82 Å². The van der Waals surface area contributed by atoms with E-state index in [4.69, 9.17) is 4.74 Å². The zero-order chi connectivity index (χ0) is 35.6. The number of aromatic nitrogens is 2. The molecule has 0 saturated heterocycles. The van der Waals surface area contributed by atoms with Gasteiger partial charge in [-0.25, -0.2) is 14.8 Å². The second kappa shape index (κ2) is 16.7. The molecule has 0 fully saturated rings. The van der Waals surface area contributed by atoms with Crippen molar-refractivity contribution in [3.8, 4) is 28.3 Å². The summed E-state index contributed by atoms with van der Waals surface area (Å²) in [5.74, 6) is -0.749. The van der Waals surface area contributed by atoms with Crippen LogP contribution in [0.4, 0.5) is 0 Å². The summed E-state index contributed by atoms with van der Waals surface area (Å²) in [5.41, 5.74) is 1.82. The lowest BCUT2D eigenvalue weighted by atomic mass is 9.95. The molecule has 2 heterocycles. The predicted octanol–water partition coefficient (Wildman–Crippen LogP) is 7.84. The Kier molecular flexibility index (Phi) is 12.7. The van der Waals surface area contributed by atoms with E-state index in [1.54, 1.807) is 18.5 Å². The SMILES string of the molecule is CCCCCCCOc1ccc(-c2cnc(-c3ccc(CC(NC(=O)c4ccc(C(C)(C)C)s4)C(=O)NC(C)(C)C(=O)O)cc3)nc2)cc1. The van der Waals surface area contributed by atoms with Gasteiger partial charge in [-0.1, -0.05) is 89.8 Å². The number of ether oxygens (including phenoxy) is 1. The highest BCUT2D eigenvalue weighted by atomic mass is 32.1. The van der Waals surface area contributed by atoms with Gasteiger partial charge in [0.1, 0.15) is 17.3 Å². The number of carbonyl (C=O) groups excluding carboxylic acids is 2. The molecule has 0 spiro atoms. The molecule has 3 N–H and O–H groups in total. The fourth-order valence-electron chi connectivity index (χ4n) is 5.04. The van der Waals surface area contributed by atoms with E-state index in [9.17, 15) is 19.5 Å². The second-order valence-electron chi connectivity index (χ2n) is 13.8. The normalized spacial score (nSPS) is 12.3. The number of carboxylic acid groups (broad SMARTS) is 1. The highest BCUT2D eigenvalue weighted by molar-refractivity contribution is 7.14. The summed E-state index contributed by atoms with van der Waals surface area (Å²) in [7, 11) is 0. The van der Waals surface area contributed by atoms with Crippen LogP contribution >= 0.6 is 11.3 Å². The third-order valence-electron chi connectivity index (χ3n) is 8.17. The molecule has 2 aromatic carbocycles. The molecule has 0 bridgehead atoms. The Morgan fingerprint density at radius 3 is 2.04 bits per heavy atom. The molecular formula is C39H48N4O5S. The van der Waals surface area contributed by atoms with Gasteiger partial charge in [0.25, 0.3) is 5.91 Å². The van der Waals surface area contributed by atoms with Gasteiger partial charge in [-0.2, -0.15) is 0 Å². The van der Waals surface area contributed by atoms with Crippen LogP contribution in [0, 0.1) is 0 Å². The zero-order valence-electron chi connectivity index (χ0n) is 29.3. The molecule has 0 aliphatic rings. The van der Waals surface area contributed by atoms with Gasteiger partial charge < -0.3 is 20.5 Å². The van der Waals surface area contributed by atoms with Gasteiger partial charge in [-0.15, -0.1) is 11.3 Å². The van der Waals surface area contributed by atoms with Crippen LogP contribution in [0.5, 0.6) is 5.75 Å². The van der Waals surface area contributed by atoms with Crippen molar-refractivity contribution >= 4 is 29.1 Å². The molecule has 1 atom stereocenters. The fourth-order valence-corrected chi connectivity index (χ4v) is 6.01. The molecule has 49 heavy (non-hydrogen) atoms. The van der Waals surface area contributed by atoms with E-state index in [2.05, 4.69) is 48.3 Å².